The van der Waals surface area contributed by atoms with Crippen molar-refractivity contribution in [1.82, 2.24) is 15.2 Å². The van der Waals surface area contributed by atoms with Gasteiger partial charge in [0.05, 0.1) is 0 Å². The van der Waals surface area contributed by atoms with E-state index in [1.807, 2.05) is 0 Å². The highest BCUT2D eigenvalue weighted by atomic mass is 35.5. The molecule has 0 bridgehead atoms. The molecule has 0 spiro atoms. The van der Waals surface area contributed by atoms with Gasteiger partial charge in [0.25, 0.3) is 0 Å². The summed E-state index contributed by atoms with van der Waals surface area (Å²) in [6, 6.07) is 0.111. The van der Waals surface area contributed by atoms with Crippen molar-refractivity contribution in [2.75, 3.05) is 0 Å². The third-order valence-electron chi connectivity index (χ3n) is 0.553. The second-order valence-electron chi connectivity index (χ2n) is 1.00. The lowest BCUT2D eigenvalue weighted by Crippen LogP contribution is -1.89. The van der Waals surface area contributed by atoms with Crippen molar-refractivity contribution < 1.29 is 9.53 Å². The summed E-state index contributed by atoms with van der Waals surface area (Å²) in [7, 11) is 0. The number of ether oxygens (including phenoxy) is 1. The van der Waals surface area contributed by atoms with E-state index in [0.29, 0.717) is 0 Å². The van der Waals surface area contributed by atoms with E-state index in [9.17, 15) is 4.79 Å². The van der Waals surface area contributed by atoms with Gasteiger partial charge in [-0.15, -0.1) is 12.4 Å². The second kappa shape index (κ2) is 3.85. The minimum atomic E-state index is 0. The van der Waals surface area contributed by atoms with Crippen LogP contribution in [0.3, 0.4) is 0 Å². The highest BCUT2D eigenvalue weighted by Crippen LogP contribution is 1.91. The highest BCUT2D eigenvalue weighted by Gasteiger charge is 1.89. The molecule has 0 radical (unpaired) electrons. The largest absolute Gasteiger partial charge is 0.393 e. The molecule has 0 amide bonds. The lowest BCUT2D eigenvalue weighted by Gasteiger charge is -1.82. The topological polar surface area (TPSA) is 67.9 Å². The summed E-state index contributed by atoms with van der Waals surface area (Å²) in [4.78, 5) is 13.0. The van der Waals surface area contributed by atoms with Crippen molar-refractivity contribution in [2.24, 2.45) is 0 Å². The maximum atomic E-state index is 9.56. The van der Waals surface area contributed by atoms with Crippen LogP contribution in [-0.2, 0) is 4.79 Å². The third-order valence-corrected chi connectivity index (χ3v) is 0.553. The van der Waals surface area contributed by atoms with Crippen molar-refractivity contribution in [3.8, 4) is 6.01 Å². The van der Waals surface area contributed by atoms with Gasteiger partial charge in [-0.25, -0.2) is 5.10 Å². The maximum Gasteiger partial charge on any atom is 0.319 e. The number of carbonyl (C=O) groups is 1. The predicted octanol–water partition coefficient (Wildman–Crippen LogP) is -0.238. The van der Waals surface area contributed by atoms with Crippen LogP contribution in [0, 0.1) is 0 Å². The van der Waals surface area contributed by atoms with E-state index in [0.717, 1.165) is 0 Å². The van der Waals surface area contributed by atoms with Crippen LogP contribution in [0.4, 0.5) is 0 Å². The minimum Gasteiger partial charge on any atom is -0.393 e. The van der Waals surface area contributed by atoms with E-state index in [1.165, 1.54) is 6.33 Å². The van der Waals surface area contributed by atoms with Gasteiger partial charge in [0, 0.05) is 0 Å². The Kier molecular flexibility index (Phi) is 3.38. The van der Waals surface area contributed by atoms with Crippen molar-refractivity contribution in [3.63, 3.8) is 0 Å². The number of aromatic amines is 1. The summed E-state index contributed by atoms with van der Waals surface area (Å²) in [5, 5.41) is 5.74. The van der Waals surface area contributed by atoms with Crippen LogP contribution in [0.15, 0.2) is 6.33 Å². The van der Waals surface area contributed by atoms with E-state index >= 15 is 0 Å². The predicted molar refractivity (Wildman–Crippen MR) is 30.3 cm³/mol. The number of hydrogen-bond donors (Lipinski definition) is 1. The molecule has 1 aromatic rings. The Morgan fingerprint density at radius 1 is 1.78 bits per heavy atom. The number of hydrogen-bond acceptors (Lipinski definition) is 4. The molecule has 0 aliphatic heterocycles. The Bertz CT molecular complexity index is 164. The minimum absolute atomic E-state index is 0. The molecule has 9 heavy (non-hydrogen) atoms. The summed E-state index contributed by atoms with van der Waals surface area (Å²) in [5.41, 5.74) is 0. The first-order valence-electron chi connectivity index (χ1n) is 1.89. The molecule has 0 aliphatic rings. The smallest absolute Gasteiger partial charge is 0.319 e. The van der Waals surface area contributed by atoms with Gasteiger partial charge >= 0.3 is 12.5 Å². The first-order chi connectivity index (χ1) is 3.93. The molecule has 0 unspecified atom stereocenters. The fourth-order valence-corrected chi connectivity index (χ4v) is 0.297. The number of rotatable bonds is 2. The van der Waals surface area contributed by atoms with Crippen LogP contribution in [0.25, 0.3) is 0 Å². The van der Waals surface area contributed by atoms with Crippen molar-refractivity contribution in [2.45, 2.75) is 0 Å². The summed E-state index contributed by atoms with van der Waals surface area (Å²) in [6.45, 7) is 0.278. The molecule has 0 saturated heterocycles. The fourth-order valence-electron chi connectivity index (χ4n) is 0.297. The summed E-state index contributed by atoms with van der Waals surface area (Å²) in [6.07, 6.45) is 1.25. The first kappa shape index (κ1) is 7.90. The van der Waals surface area contributed by atoms with Crippen LogP contribution in [0.5, 0.6) is 6.01 Å². The molecule has 5 nitrogen and oxygen atoms in total. The highest BCUT2D eigenvalue weighted by molar-refractivity contribution is 5.85. The zero-order chi connectivity index (χ0) is 5.82. The van der Waals surface area contributed by atoms with Crippen LogP contribution < -0.4 is 4.74 Å². The SMILES string of the molecule is Cl.O=COc1ncn[nH]1. The van der Waals surface area contributed by atoms with Crippen molar-refractivity contribution in [3.05, 3.63) is 6.33 Å². The Hall–Kier alpha value is -1.10. The number of nitrogens with one attached hydrogen (secondary N) is 1. The van der Waals surface area contributed by atoms with Gasteiger partial charge in [0.1, 0.15) is 6.33 Å². The number of halogens is 1. The molecule has 6 heteroatoms. The van der Waals surface area contributed by atoms with Crippen molar-refractivity contribution in [1.29, 1.82) is 0 Å². The zero-order valence-corrected chi connectivity index (χ0v) is 5.09. The van der Waals surface area contributed by atoms with E-state index < -0.39 is 0 Å². The van der Waals surface area contributed by atoms with Crippen LogP contribution in [0.1, 0.15) is 0 Å². The van der Waals surface area contributed by atoms with Gasteiger partial charge in [-0.1, -0.05) is 0 Å². The first-order valence-corrected chi connectivity index (χ1v) is 1.89. The van der Waals surface area contributed by atoms with E-state index in [4.69, 9.17) is 0 Å². The molecular weight excluding hydrogens is 146 g/mol. The van der Waals surface area contributed by atoms with Crippen molar-refractivity contribution >= 4 is 18.9 Å². The Morgan fingerprint density at radius 3 is 3.00 bits per heavy atom. The molecule has 1 heterocycles. The third kappa shape index (κ3) is 2.09. The molecule has 1 rings (SSSR count). The van der Waals surface area contributed by atoms with Crippen LogP contribution >= 0.6 is 12.4 Å². The Labute approximate surface area is 56.8 Å². The number of aromatic nitrogens is 3. The number of carbonyl (C=O) groups excluding carboxylic acids is 1. The van der Waals surface area contributed by atoms with Gasteiger partial charge in [-0.3, -0.25) is 4.79 Å². The van der Waals surface area contributed by atoms with Gasteiger partial charge in [0.15, 0.2) is 0 Å². The van der Waals surface area contributed by atoms with E-state index in [2.05, 4.69) is 19.9 Å². The van der Waals surface area contributed by atoms with Gasteiger partial charge in [-0.05, 0) is 0 Å². The molecule has 50 valence electrons. The lowest BCUT2D eigenvalue weighted by molar-refractivity contribution is -0.121. The molecule has 0 saturated carbocycles. The summed E-state index contributed by atoms with van der Waals surface area (Å²) < 4.78 is 4.24. The molecule has 0 aromatic carbocycles. The molecule has 1 aromatic heterocycles. The van der Waals surface area contributed by atoms with Crippen LogP contribution in [0.2, 0.25) is 0 Å². The van der Waals surface area contributed by atoms with Gasteiger partial charge in [0.2, 0.25) is 0 Å². The maximum absolute atomic E-state index is 9.56. The van der Waals surface area contributed by atoms with E-state index in [-0.39, 0.29) is 24.9 Å². The normalized spacial score (nSPS) is 7.56. The molecular formula is C3H4ClN3O2. The zero-order valence-electron chi connectivity index (χ0n) is 4.27. The average molecular weight is 150 g/mol. The summed E-state index contributed by atoms with van der Waals surface area (Å²) >= 11 is 0. The molecule has 1 N–H and O–H groups in total. The van der Waals surface area contributed by atoms with Gasteiger partial charge in [-0.2, -0.15) is 10.1 Å². The van der Waals surface area contributed by atoms with Crippen LogP contribution in [-0.4, -0.2) is 21.7 Å². The Balaban J connectivity index is 0.000000640. The lowest BCUT2D eigenvalue weighted by atomic mass is 11.2. The van der Waals surface area contributed by atoms with Gasteiger partial charge < -0.3 is 4.74 Å². The number of nitrogens with zero attached hydrogens (tertiary/aromatic N) is 2. The average Bonchev–Trinajstić information content (AvgIpc) is 2.19. The standard InChI is InChI=1S/C3H3N3O2.ClH/c7-2-8-3-4-1-5-6-3;/h1-2H,(H,4,5,6);1H. The summed E-state index contributed by atoms with van der Waals surface area (Å²) in [5.74, 6) is 0. The monoisotopic (exact) mass is 149 g/mol. The molecule has 0 aliphatic carbocycles. The van der Waals surface area contributed by atoms with E-state index in [1.54, 1.807) is 0 Å². The quantitative estimate of drug-likeness (QED) is 0.590. The Morgan fingerprint density at radius 2 is 2.56 bits per heavy atom. The molecule has 0 fully saturated rings. The fraction of sp³-hybridized carbons (Fsp3) is 0. The molecule has 0 atom stereocenters. The number of H-pyrrole nitrogens is 1. The second-order valence-corrected chi connectivity index (χ2v) is 1.00.